The van der Waals surface area contributed by atoms with Crippen molar-refractivity contribution in [3.63, 3.8) is 0 Å². The summed E-state index contributed by atoms with van der Waals surface area (Å²) in [6.45, 7) is 0. The molecule has 1 aromatic carbocycles. The summed E-state index contributed by atoms with van der Waals surface area (Å²) in [4.78, 5) is 22.0. The van der Waals surface area contributed by atoms with Crippen molar-refractivity contribution in [2.45, 2.75) is 12.3 Å². The average molecular weight is 194 g/mol. The van der Waals surface area contributed by atoms with E-state index >= 15 is 0 Å². The van der Waals surface area contributed by atoms with Crippen molar-refractivity contribution in [3.05, 3.63) is 35.1 Å². The number of carboxylic acids is 1. The van der Waals surface area contributed by atoms with Crippen LogP contribution in [0.4, 0.5) is 4.39 Å². The highest BCUT2D eigenvalue weighted by Crippen LogP contribution is 2.34. The van der Waals surface area contributed by atoms with Gasteiger partial charge < -0.3 is 5.11 Å². The maximum atomic E-state index is 13.2. The van der Waals surface area contributed by atoms with Gasteiger partial charge in [-0.1, -0.05) is 12.1 Å². The Kier molecular flexibility index (Phi) is 1.84. The molecule has 1 aromatic rings. The number of fused-ring (bicyclic) bond motifs is 1. The van der Waals surface area contributed by atoms with Crippen LogP contribution in [0.15, 0.2) is 18.2 Å². The lowest BCUT2D eigenvalue weighted by Crippen LogP contribution is -2.08. The Bertz CT molecular complexity index is 425. The molecule has 0 bridgehead atoms. The first-order valence-corrected chi connectivity index (χ1v) is 4.15. The first-order chi connectivity index (χ1) is 6.61. The van der Waals surface area contributed by atoms with Gasteiger partial charge in [0.25, 0.3) is 0 Å². The Morgan fingerprint density at radius 2 is 2.21 bits per heavy atom. The Morgan fingerprint density at radius 1 is 1.50 bits per heavy atom. The van der Waals surface area contributed by atoms with Crippen molar-refractivity contribution >= 4 is 11.8 Å². The Balaban J connectivity index is 2.60. The Hall–Kier alpha value is -1.71. The minimum atomic E-state index is -1.08. The van der Waals surface area contributed by atoms with Gasteiger partial charge in [0.05, 0.1) is 11.5 Å². The lowest BCUT2D eigenvalue weighted by molar-refractivity contribution is -0.138. The molecule has 0 spiro atoms. The lowest BCUT2D eigenvalue weighted by Gasteiger charge is -2.03. The molecule has 0 fully saturated rings. The largest absolute Gasteiger partial charge is 0.481 e. The van der Waals surface area contributed by atoms with Crippen molar-refractivity contribution in [3.8, 4) is 0 Å². The van der Waals surface area contributed by atoms with Gasteiger partial charge >= 0.3 is 5.97 Å². The molecule has 1 N–H and O–H groups in total. The van der Waals surface area contributed by atoms with E-state index in [1.807, 2.05) is 0 Å². The molecule has 0 saturated heterocycles. The fourth-order valence-electron chi connectivity index (χ4n) is 1.74. The predicted molar refractivity (Wildman–Crippen MR) is 45.7 cm³/mol. The van der Waals surface area contributed by atoms with Crippen molar-refractivity contribution in [2.75, 3.05) is 0 Å². The molecule has 0 heterocycles. The van der Waals surface area contributed by atoms with E-state index in [0.717, 1.165) is 0 Å². The molecule has 0 unspecified atom stereocenters. The number of hydrogen-bond acceptors (Lipinski definition) is 2. The highest BCUT2D eigenvalue weighted by atomic mass is 19.1. The molecule has 72 valence electrons. The molecule has 0 radical (unpaired) electrons. The van der Waals surface area contributed by atoms with Crippen LogP contribution < -0.4 is 0 Å². The van der Waals surface area contributed by atoms with Gasteiger partial charge in [0, 0.05) is 6.42 Å². The van der Waals surface area contributed by atoms with Crippen molar-refractivity contribution in [1.29, 1.82) is 0 Å². The summed E-state index contributed by atoms with van der Waals surface area (Å²) in [6.07, 6.45) is -0.133. The third-order valence-electron chi connectivity index (χ3n) is 2.39. The zero-order chi connectivity index (χ0) is 10.3. The van der Waals surface area contributed by atoms with E-state index in [9.17, 15) is 14.0 Å². The monoisotopic (exact) mass is 194 g/mol. The van der Waals surface area contributed by atoms with Gasteiger partial charge in [-0.05, 0) is 11.6 Å². The molecule has 0 aromatic heterocycles. The summed E-state index contributed by atoms with van der Waals surface area (Å²) in [5, 5.41) is 8.79. The fourth-order valence-corrected chi connectivity index (χ4v) is 1.74. The minimum absolute atomic E-state index is 0.0556. The molecule has 4 heteroatoms. The van der Waals surface area contributed by atoms with Gasteiger partial charge in [-0.3, -0.25) is 9.59 Å². The van der Waals surface area contributed by atoms with Gasteiger partial charge in [0.1, 0.15) is 5.82 Å². The van der Waals surface area contributed by atoms with E-state index in [1.165, 1.54) is 18.2 Å². The molecule has 1 aliphatic rings. The Morgan fingerprint density at radius 3 is 2.86 bits per heavy atom. The van der Waals surface area contributed by atoms with Crippen LogP contribution in [0.2, 0.25) is 0 Å². The van der Waals surface area contributed by atoms with Crippen LogP contribution in [0, 0.1) is 5.82 Å². The highest BCUT2D eigenvalue weighted by molar-refractivity contribution is 6.05. The number of benzene rings is 1. The van der Waals surface area contributed by atoms with Crippen LogP contribution in [0.5, 0.6) is 0 Å². The van der Waals surface area contributed by atoms with Crippen LogP contribution in [0.1, 0.15) is 28.3 Å². The number of rotatable bonds is 1. The van der Waals surface area contributed by atoms with Gasteiger partial charge in [0.2, 0.25) is 0 Å². The first-order valence-electron chi connectivity index (χ1n) is 4.15. The number of ketones is 1. The van der Waals surface area contributed by atoms with Gasteiger partial charge in [-0.25, -0.2) is 4.39 Å². The fraction of sp³-hybridized carbons (Fsp3) is 0.200. The van der Waals surface area contributed by atoms with Gasteiger partial charge in [0.15, 0.2) is 5.78 Å². The highest BCUT2D eigenvalue weighted by Gasteiger charge is 2.35. The number of halogens is 1. The summed E-state index contributed by atoms with van der Waals surface area (Å²) in [6, 6.07) is 4.08. The second-order valence-corrected chi connectivity index (χ2v) is 3.22. The molecule has 0 aliphatic heterocycles. The number of hydrogen-bond donors (Lipinski definition) is 1. The smallest absolute Gasteiger partial charge is 0.311 e. The van der Waals surface area contributed by atoms with Crippen LogP contribution in [0.25, 0.3) is 0 Å². The first kappa shape index (κ1) is 8.87. The number of aliphatic carboxylic acids is 1. The van der Waals surface area contributed by atoms with Crippen molar-refractivity contribution in [1.82, 2.24) is 0 Å². The molecule has 0 amide bonds. The summed E-state index contributed by atoms with van der Waals surface area (Å²) in [5.74, 6) is -3.02. The quantitative estimate of drug-likeness (QED) is 0.738. The maximum absolute atomic E-state index is 13.2. The lowest BCUT2D eigenvalue weighted by atomic mass is 10.0. The van der Waals surface area contributed by atoms with Gasteiger partial charge in [-0.15, -0.1) is 0 Å². The average Bonchev–Trinajstić information content (AvgIpc) is 2.45. The molecule has 1 aliphatic carbocycles. The number of Topliss-reactive ketones (excluding diaryl/α,β-unsaturated/α-hetero) is 1. The summed E-state index contributed by atoms with van der Waals surface area (Å²) < 4.78 is 13.2. The third kappa shape index (κ3) is 1.11. The van der Waals surface area contributed by atoms with E-state index in [1.54, 1.807) is 0 Å². The predicted octanol–water partition coefficient (Wildman–Crippen LogP) is 1.58. The molecule has 3 nitrogen and oxygen atoms in total. The van der Waals surface area contributed by atoms with Crippen molar-refractivity contribution < 1.29 is 19.1 Å². The number of carboxylic acid groups (broad SMARTS) is 1. The van der Waals surface area contributed by atoms with E-state index in [4.69, 9.17) is 5.11 Å². The molecular formula is C10H7FO3. The van der Waals surface area contributed by atoms with E-state index < -0.39 is 23.5 Å². The summed E-state index contributed by atoms with van der Waals surface area (Å²) in [5.41, 5.74) is 0.238. The van der Waals surface area contributed by atoms with Crippen LogP contribution >= 0.6 is 0 Å². The SMILES string of the molecule is O=C1C[C@@H](C(=O)O)c2cccc(F)c21. The molecule has 0 saturated carbocycles. The molecule has 14 heavy (non-hydrogen) atoms. The molecular weight excluding hydrogens is 187 g/mol. The summed E-state index contributed by atoms with van der Waals surface area (Å²) in [7, 11) is 0. The maximum Gasteiger partial charge on any atom is 0.311 e. The Labute approximate surface area is 79.2 Å². The van der Waals surface area contributed by atoms with Gasteiger partial charge in [-0.2, -0.15) is 0 Å². The van der Waals surface area contributed by atoms with Crippen molar-refractivity contribution in [2.24, 2.45) is 0 Å². The third-order valence-corrected chi connectivity index (χ3v) is 2.39. The zero-order valence-electron chi connectivity index (χ0n) is 7.16. The minimum Gasteiger partial charge on any atom is -0.481 e. The van der Waals surface area contributed by atoms with E-state index in [-0.39, 0.29) is 12.0 Å². The van der Waals surface area contributed by atoms with Crippen LogP contribution in [-0.4, -0.2) is 16.9 Å². The molecule has 2 rings (SSSR count). The van der Waals surface area contributed by atoms with Crippen LogP contribution in [-0.2, 0) is 4.79 Å². The van der Waals surface area contributed by atoms with E-state index in [0.29, 0.717) is 5.56 Å². The molecule has 1 atom stereocenters. The topological polar surface area (TPSA) is 54.4 Å². The normalized spacial score (nSPS) is 19.5. The second-order valence-electron chi connectivity index (χ2n) is 3.22. The second kappa shape index (κ2) is 2.90. The van der Waals surface area contributed by atoms with E-state index in [2.05, 4.69) is 0 Å². The number of carbonyl (C=O) groups is 2. The van der Waals surface area contributed by atoms with Crippen LogP contribution in [0.3, 0.4) is 0 Å². The standard InChI is InChI=1S/C10H7FO3/c11-7-3-1-2-5-6(10(13)14)4-8(12)9(5)7/h1-3,6H,4H2,(H,13,14)/t6-/m1/s1. The zero-order valence-corrected chi connectivity index (χ0v) is 7.16. The summed E-state index contributed by atoms with van der Waals surface area (Å²) >= 11 is 0. The number of carbonyl (C=O) groups excluding carboxylic acids is 1.